The van der Waals surface area contributed by atoms with Gasteiger partial charge in [0.15, 0.2) is 0 Å². The van der Waals surface area contributed by atoms with Crippen LogP contribution in [0.2, 0.25) is 0 Å². The number of carbonyl (C=O) groups excluding carboxylic acids is 1. The van der Waals surface area contributed by atoms with Gasteiger partial charge in [0.05, 0.1) is 0 Å². The molecule has 0 fully saturated rings. The molecule has 1 nitrogen and oxygen atoms in total. The second-order valence-corrected chi connectivity index (χ2v) is 3.27. The molecule has 0 heterocycles. The van der Waals surface area contributed by atoms with Gasteiger partial charge in [0, 0.05) is 6.42 Å². The first-order valence-corrected chi connectivity index (χ1v) is 5.05. The van der Waals surface area contributed by atoms with Gasteiger partial charge in [-0.25, -0.2) is 0 Å². The molecule has 0 aromatic heterocycles. The van der Waals surface area contributed by atoms with Gasteiger partial charge in [-0.15, -0.1) is 0 Å². The standard InChI is InChI=1S/C12H20O/c1-3-4-5-6-7-9-12(2)10-8-11-13/h6-7,10-11H,3-5,8-9H2,1-2H3. The Labute approximate surface area is 81.5 Å². The molecule has 0 amide bonds. The zero-order valence-electron chi connectivity index (χ0n) is 8.75. The van der Waals surface area contributed by atoms with E-state index >= 15 is 0 Å². The van der Waals surface area contributed by atoms with E-state index in [2.05, 4.69) is 26.0 Å². The van der Waals surface area contributed by atoms with Crippen LogP contribution in [0.15, 0.2) is 23.8 Å². The molecule has 0 aromatic rings. The van der Waals surface area contributed by atoms with Crippen LogP contribution in [-0.2, 0) is 4.79 Å². The van der Waals surface area contributed by atoms with Crippen LogP contribution in [0.25, 0.3) is 0 Å². The van der Waals surface area contributed by atoms with Crippen molar-refractivity contribution >= 4 is 6.29 Å². The minimum absolute atomic E-state index is 0.550. The molecule has 74 valence electrons. The van der Waals surface area contributed by atoms with Crippen LogP contribution < -0.4 is 0 Å². The highest BCUT2D eigenvalue weighted by Gasteiger charge is 1.84. The van der Waals surface area contributed by atoms with Crippen molar-refractivity contribution in [2.75, 3.05) is 0 Å². The number of aldehydes is 1. The maximum Gasteiger partial charge on any atom is 0.123 e. The normalized spacial score (nSPS) is 12.3. The topological polar surface area (TPSA) is 17.1 Å². The smallest absolute Gasteiger partial charge is 0.123 e. The molecule has 0 atom stereocenters. The predicted molar refractivity (Wildman–Crippen MR) is 57.7 cm³/mol. The van der Waals surface area contributed by atoms with Gasteiger partial charge in [0.1, 0.15) is 6.29 Å². The molecular weight excluding hydrogens is 160 g/mol. The number of hydrogen-bond donors (Lipinski definition) is 0. The predicted octanol–water partition coefficient (Wildman–Crippen LogP) is 3.66. The van der Waals surface area contributed by atoms with E-state index in [0.717, 1.165) is 12.7 Å². The molecule has 0 aliphatic carbocycles. The highest BCUT2D eigenvalue weighted by Crippen LogP contribution is 2.03. The Bertz CT molecular complexity index is 178. The first-order valence-electron chi connectivity index (χ1n) is 5.05. The van der Waals surface area contributed by atoms with E-state index in [1.54, 1.807) is 0 Å². The van der Waals surface area contributed by atoms with Gasteiger partial charge in [-0.3, -0.25) is 0 Å². The van der Waals surface area contributed by atoms with Crippen LogP contribution in [0.4, 0.5) is 0 Å². The minimum Gasteiger partial charge on any atom is -0.303 e. The first-order chi connectivity index (χ1) is 6.31. The Hall–Kier alpha value is -0.850. The maximum atomic E-state index is 10.1. The summed E-state index contributed by atoms with van der Waals surface area (Å²) in [5.41, 5.74) is 1.28. The van der Waals surface area contributed by atoms with E-state index in [-0.39, 0.29) is 0 Å². The summed E-state index contributed by atoms with van der Waals surface area (Å²) in [6.07, 6.45) is 12.6. The third kappa shape index (κ3) is 9.06. The van der Waals surface area contributed by atoms with Crippen LogP contribution in [0.3, 0.4) is 0 Å². The molecule has 0 N–H and O–H groups in total. The Kier molecular flexibility index (Phi) is 8.64. The monoisotopic (exact) mass is 180 g/mol. The lowest BCUT2D eigenvalue weighted by molar-refractivity contribution is -0.107. The van der Waals surface area contributed by atoms with Crippen molar-refractivity contribution in [1.82, 2.24) is 0 Å². The van der Waals surface area contributed by atoms with Crippen LogP contribution in [0.1, 0.15) is 46.0 Å². The van der Waals surface area contributed by atoms with Crippen molar-refractivity contribution in [2.24, 2.45) is 0 Å². The molecule has 0 rings (SSSR count). The fraction of sp³-hybridized carbons (Fsp3) is 0.583. The summed E-state index contributed by atoms with van der Waals surface area (Å²) in [4.78, 5) is 10.1. The molecule has 0 aliphatic rings. The second-order valence-electron chi connectivity index (χ2n) is 3.27. The Balaban J connectivity index is 3.50. The van der Waals surface area contributed by atoms with Gasteiger partial charge >= 0.3 is 0 Å². The summed E-state index contributed by atoms with van der Waals surface area (Å²) < 4.78 is 0. The van der Waals surface area contributed by atoms with Gasteiger partial charge in [0.2, 0.25) is 0 Å². The summed E-state index contributed by atoms with van der Waals surface area (Å²) in [5.74, 6) is 0. The van der Waals surface area contributed by atoms with Crippen molar-refractivity contribution in [3.05, 3.63) is 23.8 Å². The minimum atomic E-state index is 0.550. The summed E-state index contributed by atoms with van der Waals surface area (Å²) >= 11 is 0. The number of allylic oxidation sites excluding steroid dienone is 4. The molecule has 0 saturated carbocycles. The summed E-state index contributed by atoms with van der Waals surface area (Å²) in [6, 6.07) is 0. The molecule has 13 heavy (non-hydrogen) atoms. The van der Waals surface area contributed by atoms with E-state index in [1.807, 2.05) is 6.08 Å². The molecular formula is C12H20O. The van der Waals surface area contributed by atoms with Gasteiger partial charge in [-0.05, 0) is 19.8 Å². The lowest BCUT2D eigenvalue weighted by atomic mass is 10.1. The van der Waals surface area contributed by atoms with Crippen molar-refractivity contribution < 1.29 is 4.79 Å². The van der Waals surface area contributed by atoms with Crippen LogP contribution in [-0.4, -0.2) is 6.29 Å². The molecule has 1 heteroatoms. The summed E-state index contributed by atoms with van der Waals surface area (Å²) in [7, 11) is 0. The molecule has 0 saturated heterocycles. The molecule has 0 aromatic carbocycles. The lowest BCUT2D eigenvalue weighted by Gasteiger charge is -1.93. The number of unbranched alkanes of at least 4 members (excludes halogenated alkanes) is 2. The molecule has 0 bridgehead atoms. The highest BCUT2D eigenvalue weighted by molar-refractivity contribution is 5.52. The Morgan fingerprint density at radius 2 is 2.08 bits per heavy atom. The fourth-order valence-corrected chi connectivity index (χ4v) is 1.04. The molecule has 0 spiro atoms. The highest BCUT2D eigenvalue weighted by atomic mass is 16.1. The lowest BCUT2D eigenvalue weighted by Crippen LogP contribution is -1.75. The quantitative estimate of drug-likeness (QED) is 0.332. The van der Waals surface area contributed by atoms with E-state index < -0.39 is 0 Å². The second kappa shape index (κ2) is 9.24. The van der Waals surface area contributed by atoms with Gasteiger partial charge < -0.3 is 4.79 Å². The largest absolute Gasteiger partial charge is 0.303 e. The summed E-state index contributed by atoms with van der Waals surface area (Å²) in [6.45, 7) is 4.26. The zero-order valence-corrected chi connectivity index (χ0v) is 8.75. The zero-order chi connectivity index (χ0) is 9.94. The molecule has 0 radical (unpaired) electrons. The molecule has 0 aliphatic heterocycles. The average molecular weight is 180 g/mol. The van der Waals surface area contributed by atoms with Crippen LogP contribution in [0, 0.1) is 0 Å². The summed E-state index contributed by atoms with van der Waals surface area (Å²) in [5, 5.41) is 0. The maximum absolute atomic E-state index is 10.1. The Morgan fingerprint density at radius 3 is 2.69 bits per heavy atom. The van der Waals surface area contributed by atoms with Crippen LogP contribution >= 0.6 is 0 Å². The van der Waals surface area contributed by atoms with Crippen molar-refractivity contribution in [3.63, 3.8) is 0 Å². The van der Waals surface area contributed by atoms with Gasteiger partial charge in [-0.2, -0.15) is 0 Å². The third-order valence-electron chi connectivity index (χ3n) is 1.89. The SMILES string of the molecule is CCCCC=CCC(C)=CCC=O. The fourth-order valence-electron chi connectivity index (χ4n) is 1.04. The van der Waals surface area contributed by atoms with Crippen LogP contribution in [0.5, 0.6) is 0 Å². The van der Waals surface area contributed by atoms with Gasteiger partial charge in [0.25, 0.3) is 0 Å². The van der Waals surface area contributed by atoms with E-state index in [1.165, 1.54) is 24.8 Å². The third-order valence-corrected chi connectivity index (χ3v) is 1.89. The molecule has 0 unspecified atom stereocenters. The number of hydrogen-bond acceptors (Lipinski definition) is 1. The van der Waals surface area contributed by atoms with E-state index in [9.17, 15) is 4.79 Å². The number of rotatable bonds is 7. The first kappa shape index (κ1) is 12.2. The van der Waals surface area contributed by atoms with E-state index in [4.69, 9.17) is 0 Å². The van der Waals surface area contributed by atoms with E-state index in [0.29, 0.717) is 6.42 Å². The van der Waals surface area contributed by atoms with Crippen molar-refractivity contribution in [3.8, 4) is 0 Å². The Morgan fingerprint density at radius 1 is 1.31 bits per heavy atom. The average Bonchev–Trinajstić information content (AvgIpc) is 2.14. The van der Waals surface area contributed by atoms with Gasteiger partial charge in [-0.1, -0.05) is 43.6 Å². The number of carbonyl (C=O) groups is 1. The van der Waals surface area contributed by atoms with Crippen molar-refractivity contribution in [1.29, 1.82) is 0 Å². The van der Waals surface area contributed by atoms with Crippen molar-refractivity contribution in [2.45, 2.75) is 46.0 Å².